The third-order valence-corrected chi connectivity index (χ3v) is 3.01. The third kappa shape index (κ3) is 4.20. The number of benzene rings is 1. The maximum Gasteiger partial charge on any atom is 0.169 e. The molecule has 1 aromatic heterocycles. The van der Waals surface area contributed by atoms with Crippen LogP contribution in [0.2, 0.25) is 0 Å². The summed E-state index contributed by atoms with van der Waals surface area (Å²) in [5.74, 6) is 2.29. The molecule has 2 rings (SSSR count). The normalized spacial score (nSPS) is 10.4. The molecule has 0 radical (unpaired) electrons. The molecule has 4 nitrogen and oxygen atoms in total. The number of ether oxygens (including phenoxy) is 2. The van der Waals surface area contributed by atoms with Crippen molar-refractivity contribution in [1.29, 1.82) is 0 Å². The van der Waals surface area contributed by atoms with Gasteiger partial charge in [0.2, 0.25) is 0 Å². The first-order valence-electron chi connectivity index (χ1n) is 7.30. The van der Waals surface area contributed by atoms with Crippen molar-refractivity contribution in [2.24, 2.45) is 0 Å². The van der Waals surface area contributed by atoms with Crippen LogP contribution in [0.5, 0.6) is 17.2 Å². The van der Waals surface area contributed by atoms with E-state index in [1.807, 2.05) is 50.4 Å². The van der Waals surface area contributed by atoms with Crippen LogP contribution in [0.3, 0.4) is 0 Å². The lowest BCUT2D eigenvalue weighted by Gasteiger charge is -2.14. The summed E-state index contributed by atoms with van der Waals surface area (Å²) in [6.07, 6.45) is 1.86. The molecule has 0 bridgehead atoms. The number of pyridine rings is 1. The van der Waals surface area contributed by atoms with Gasteiger partial charge in [-0.15, -0.1) is 0 Å². The summed E-state index contributed by atoms with van der Waals surface area (Å²) in [6.45, 7) is 8.24. The van der Waals surface area contributed by atoms with E-state index in [1.165, 1.54) is 0 Å². The molecule has 0 aliphatic carbocycles. The van der Waals surface area contributed by atoms with Gasteiger partial charge in [-0.1, -0.05) is 19.1 Å². The Morgan fingerprint density at radius 1 is 1.10 bits per heavy atom. The predicted octanol–water partition coefficient (Wildman–Crippen LogP) is 3.69. The third-order valence-electron chi connectivity index (χ3n) is 3.01. The van der Waals surface area contributed by atoms with E-state index in [1.54, 1.807) is 0 Å². The average Bonchev–Trinajstić information content (AvgIpc) is 2.49. The fraction of sp³-hybridized carbons (Fsp3) is 0.353. The van der Waals surface area contributed by atoms with Crippen molar-refractivity contribution in [1.82, 2.24) is 10.3 Å². The van der Waals surface area contributed by atoms with Crippen LogP contribution >= 0.6 is 0 Å². The Labute approximate surface area is 126 Å². The van der Waals surface area contributed by atoms with Gasteiger partial charge in [-0.25, -0.2) is 0 Å². The van der Waals surface area contributed by atoms with Crippen LogP contribution in [0.4, 0.5) is 0 Å². The van der Waals surface area contributed by atoms with Gasteiger partial charge < -0.3 is 14.8 Å². The van der Waals surface area contributed by atoms with Crippen LogP contribution in [-0.2, 0) is 6.54 Å². The Hall–Kier alpha value is -2.07. The van der Waals surface area contributed by atoms with Crippen molar-refractivity contribution in [2.75, 3.05) is 13.2 Å². The van der Waals surface area contributed by atoms with Crippen molar-refractivity contribution in [2.45, 2.75) is 27.3 Å². The first kappa shape index (κ1) is 15.3. The van der Waals surface area contributed by atoms with Crippen LogP contribution in [-0.4, -0.2) is 18.1 Å². The fourth-order valence-electron chi connectivity index (χ4n) is 1.98. The van der Waals surface area contributed by atoms with Gasteiger partial charge in [-0.3, -0.25) is 4.98 Å². The standard InChI is InChI=1S/C17H22N2O2/c1-4-18-11-14-12-19-13(3)10-17(14)21-16-9-7-6-8-15(16)20-5-2/h6-10,12,18H,4-5,11H2,1-3H3. The predicted molar refractivity (Wildman–Crippen MR) is 84.0 cm³/mol. The van der Waals surface area contributed by atoms with Gasteiger partial charge >= 0.3 is 0 Å². The Balaban J connectivity index is 2.27. The van der Waals surface area contributed by atoms with Crippen LogP contribution in [0.15, 0.2) is 36.5 Å². The second-order valence-electron chi connectivity index (χ2n) is 4.70. The highest BCUT2D eigenvalue weighted by molar-refractivity contribution is 5.44. The smallest absolute Gasteiger partial charge is 0.169 e. The summed E-state index contributed by atoms with van der Waals surface area (Å²) in [5, 5.41) is 3.30. The minimum atomic E-state index is 0.611. The maximum absolute atomic E-state index is 6.07. The van der Waals surface area contributed by atoms with Crippen molar-refractivity contribution in [3.05, 3.63) is 47.8 Å². The molecule has 0 saturated heterocycles. The monoisotopic (exact) mass is 286 g/mol. The lowest BCUT2D eigenvalue weighted by molar-refractivity contribution is 0.320. The minimum Gasteiger partial charge on any atom is -0.490 e. The van der Waals surface area contributed by atoms with E-state index in [2.05, 4.69) is 17.2 Å². The molecule has 0 amide bonds. The first-order valence-corrected chi connectivity index (χ1v) is 7.30. The molecule has 0 spiro atoms. The highest BCUT2D eigenvalue weighted by Gasteiger charge is 2.10. The molecule has 21 heavy (non-hydrogen) atoms. The summed E-state index contributed by atoms with van der Waals surface area (Å²) in [6, 6.07) is 9.66. The van der Waals surface area contributed by atoms with Crippen LogP contribution in [0, 0.1) is 6.92 Å². The number of nitrogens with zero attached hydrogens (tertiary/aromatic N) is 1. The average molecular weight is 286 g/mol. The van der Waals surface area contributed by atoms with E-state index in [-0.39, 0.29) is 0 Å². The molecule has 0 unspecified atom stereocenters. The lowest BCUT2D eigenvalue weighted by atomic mass is 10.2. The summed E-state index contributed by atoms with van der Waals surface area (Å²) in [4.78, 5) is 4.34. The van der Waals surface area contributed by atoms with E-state index in [0.29, 0.717) is 6.61 Å². The van der Waals surface area contributed by atoms with Gasteiger partial charge in [-0.2, -0.15) is 0 Å². The quantitative estimate of drug-likeness (QED) is 0.843. The number of hydrogen-bond donors (Lipinski definition) is 1. The second-order valence-corrected chi connectivity index (χ2v) is 4.70. The number of rotatable bonds is 7. The van der Waals surface area contributed by atoms with Crippen molar-refractivity contribution in [3.8, 4) is 17.2 Å². The number of aryl methyl sites for hydroxylation is 1. The molecule has 0 fully saturated rings. The molecule has 2 aromatic rings. The molecular weight excluding hydrogens is 264 g/mol. The highest BCUT2D eigenvalue weighted by Crippen LogP contribution is 2.33. The van der Waals surface area contributed by atoms with E-state index in [4.69, 9.17) is 9.47 Å². The van der Waals surface area contributed by atoms with Gasteiger partial charge in [0.05, 0.1) is 6.61 Å². The van der Waals surface area contributed by atoms with Gasteiger partial charge in [-0.05, 0) is 32.5 Å². The topological polar surface area (TPSA) is 43.4 Å². The zero-order valence-electron chi connectivity index (χ0n) is 12.8. The van der Waals surface area contributed by atoms with Gasteiger partial charge in [0.15, 0.2) is 11.5 Å². The summed E-state index contributed by atoms with van der Waals surface area (Å²) in [7, 11) is 0. The zero-order chi connectivity index (χ0) is 15.1. The molecule has 1 N–H and O–H groups in total. The number of nitrogens with one attached hydrogen (secondary N) is 1. The van der Waals surface area contributed by atoms with Gasteiger partial charge in [0.25, 0.3) is 0 Å². The molecule has 0 aliphatic heterocycles. The fourth-order valence-corrected chi connectivity index (χ4v) is 1.98. The summed E-state index contributed by atoms with van der Waals surface area (Å²) in [5.41, 5.74) is 1.97. The molecule has 0 aliphatic rings. The Morgan fingerprint density at radius 2 is 1.86 bits per heavy atom. The molecule has 4 heteroatoms. The molecule has 112 valence electrons. The SMILES string of the molecule is CCNCc1cnc(C)cc1Oc1ccccc1OCC. The van der Waals surface area contributed by atoms with E-state index < -0.39 is 0 Å². The van der Waals surface area contributed by atoms with Crippen molar-refractivity contribution >= 4 is 0 Å². The van der Waals surface area contributed by atoms with Crippen molar-refractivity contribution < 1.29 is 9.47 Å². The Kier molecular flexibility index (Phi) is 5.58. The number of hydrogen-bond acceptors (Lipinski definition) is 4. The zero-order valence-corrected chi connectivity index (χ0v) is 12.8. The molecule has 0 atom stereocenters. The highest BCUT2D eigenvalue weighted by atomic mass is 16.5. The summed E-state index contributed by atoms with van der Waals surface area (Å²) >= 11 is 0. The molecular formula is C17H22N2O2. The minimum absolute atomic E-state index is 0.611. The number of aromatic nitrogens is 1. The largest absolute Gasteiger partial charge is 0.490 e. The van der Waals surface area contributed by atoms with E-state index in [9.17, 15) is 0 Å². The van der Waals surface area contributed by atoms with E-state index >= 15 is 0 Å². The van der Waals surface area contributed by atoms with E-state index in [0.717, 1.165) is 41.6 Å². The van der Waals surface area contributed by atoms with Gasteiger partial charge in [0, 0.05) is 30.1 Å². The lowest BCUT2D eigenvalue weighted by Crippen LogP contribution is -2.13. The van der Waals surface area contributed by atoms with Crippen molar-refractivity contribution in [3.63, 3.8) is 0 Å². The molecule has 1 heterocycles. The number of para-hydroxylation sites is 2. The van der Waals surface area contributed by atoms with Crippen LogP contribution in [0.1, 0.15) is 25.1 Å². The van der Waals surface area contributed by atoms with Crippen LogP contribution < -0.4 is 14.8 Å². The Morgan fingerprint density at radius 3 is 2.57 bits per heavy atom. The molecule has 1 aromatic carbocycles. The Bertz CT molecular complexity index is 585. The summed E-state index contributed by atoms with van der Waals surface area (Å²) < 4.78 is 11.7. The second kappa shape index (κ2) is 7.64. The van der Waals surface area contributed by atoms with Gasteiger partial charge in [0.1, 0.15) is 5.75 Å². The maximum atomic E-state index is 6.07. The van der Waals surface area contributed by atoms with Crippen LogP contribution in [0.25, 0.3) is 0 Å². The molecule has 0 saturated carbocycles. The first-order chi connectivity index (χ1) is 10.2.